The van der Waals surface area contributed by atoms with Crippen LogP contribution in [0.3, 0.4) is 0 Å². The van der Waals surface area contributed by atoms with Crippen molar-refractivity contribution in [1.82, 2.24) is 14.3 Å². The van der Waals surface area contributed by atoms with Gasteiger partial charge in [0.2, 0.25) is 11.6 Å². The van der Waals surface area contributed by atoms with Gasteiger partial charge in [0, 0.05) is 43.5 Å². The summed E-state index contributed by atoms with van der Waals surface area (Å²) in [6, 6.07) is 4.29. The molecule has 174 valence electrons. The van der Waals surface area contributed by atoms with Gasteiger partial charge in [0.05, 0.1) is 11.8 Å². The number of aryl methyl sites for hydroxylation is 2. The van der Waals surface area contributed by atoms with Crippen LogP contribution in [0.1, 0.15) is 63.5 Å². The molecule has 0 fully saturated rings. The third-order valence-electron chi connectivity index (χ3n) is 6.13. The quantitative estimate of drug-likeness (QED) is 0.430. The fourth-order valence-corrected chi connectivity index (χ4v) is 4.04. The van der Waals surface area contributed by atoms with Crippen LogP contribution in [0, 0.1) is 26.6 Å². The highest BCUT2D eigenvalue weighted by atomic mass is 19.1. The molecule has 0 saturated heterocycles. The molecule has 0 aliphatic heterocycles. The summed E-state index contributed by atoms with van der Waals surface area (Å²) in [5, 5.41) is 6.90. The molecule has 0 saturated carbocycles. The van der Waals surface area contributed by atoms with Gasteiger partial charge in [-0.15, -0.1) is 0 Å². The Hall–Kier alpha value is -3.55. The van der Waals surface area contributed by atoms with E-state index in [1.807, 2.05) is 20.0 Å². The van der Waals surface area contributed by atoms with Crippen molar-refractivity contribution in [3.8, 4) is 0 Å². The Morgan fingerprint density at radius 2 is 1.79 bits per heavy atom. The Labute approximate surface area is 192 Å². The molecule has 8 heteroatoms. The highest BCUT2D eigenvalue weighted by molar-refractivity contribution is 6.44. The van der Waals surface area contributed by atoms with Crippen molar-refractivity contribution >= 4 is 23.2 Å². The molecule has 2 heterocycles. The minimum absolute atomic E-state index is 0.0156. The summed E-state index contributed by atoms with van der Waals surface area (Å²) in [7, 11) is 3.47. The summed E-state index contributed by atoms with van der Waals surface area (Å²) in [6.45, 7) is 8.76. The molecule has 2 aromatic heterocycles. The van der Waals surface area contributed by atoms with Gasteiger partial charge >= 0.3 is 0 Å². The number of carbonyl (C=O) groups excluding carboxylic acids is 3. The van der Waals surface area contributed by atoms with E-state index < -0.39 is 22.9 Å². The zero-order chi connectivity index (χ0) is 24.7. The summed E-state index contributed by atoms with van der Waals surface area (Å²) in [5.74, 6) is -1.94. The molecule has 0 aliphatic carbocycles. The highest BCUT2D eigenvalue weighted by Gasteiger charge is 2.33. The van der Waals surface area contributed by atoms with E-state index in [4.69, 9.17) is 0 Å². The van der Waals surface area contributed by atoms with Crippen molar-refractivity contribution in [3.05, 3.63) is 70.1 Å². The van der Waals surface area contributed by atoms with Crippen LogP contribution < -0.4 is 5.32 Å². The largest absolute Gasteiger partial charge is 0.343 e. The Balaban J connectivity index is 1.87. The Morgan fingerprint density at radius 3 is 2.36 bits per heavy atom. The van der Waals surface area contributed by atoms with E-state index in [9.17, 15) is 18.8 Å². The van der Waals surface area contributed by atoms with Crippen LogP contribution in [0.5, 0.6) is 0 Å². The van der Waals surface area contributed by atoms with E-state index in [1.165, 1.54) is 18.2 Å². The predicted molar refractivity (Wildman–Crippen MR) is 124 cm³/mol. The first-order valence-electron chi connectivity index (χ1n) is 10.6. The van der Waals surface area contributed by atoms with Crippen molar-refractivity contribution in [1.29, 1.82) is 0 Å². The maximum absolute atomic E-state index is 13.5. The molecule has 1 aromatic carbocycles. The molecule has 0 bridgehead atoms. The lowest BCUT2D eigenvalue weighted by Crippen LogP contribution is -2.27. The van der Waals surface area contributed by atoms with Gasteiger partial charge in [0.15, 0.2) is 0 Å². The van der Waals surface area contributed by atoms with Crippen molar-refractivity contribution in [2.75, 3.05) is 5.32 Å². The van der Waals surface area contributed by atoms with Gasteiger partial charge < -0.3 is 9.88 Å². The number of ketones is 2. The summed E-state index contributed by atoms with van der Waals surface area (Å²) in [4.78, 5) is 39.1. The fourth-order valence-electron chi connectivity index (χ4n) is 4.04. The zero-order valence-electron chi connectivity index (χ0n) is 20.0. The second-order valence-corrected chi connectivity index (χ2v) is 9.13. The number of aromatic nitrogens is 3. The molecule has 0 atom stereocenters. The van der Waals surface area contributed by atoms with Crippen molar-refractivity contribution < 1.29 is 18.8 Å². The lowest BCUT2D eigenvalue weighted by Gasteiger charge is -2.21. The average Bonchev–Trinajstić information content (AvgIpc) is 3.26. The smallest absolute Gasteiger partial charge is 0.272 e. The first kappa shape index (κ1) is 24.1. The predicted octanol–water partition coefficient (Wildman–Crippen LogP) is 4.19. The van der Waals surface area contributed by atoms with Crippen LogP contribution >= 0.6 is 0 Å². The molecule has 0 aliphatic rings. The van der Waals surface area contributed by atoms with Gasteiger partial charge in [-0.05, 0) is 55.7 Å². The van der Waals surface area contributed by atoms with Crippen LogP contribution in [-0.2, 0) is 24.3 Å². The maximum atomic E-state index is 13.5. The Morgan fingerprint density at radius 1 is 1.12 bits per heavy atom. The number of halogens is 1. The van der Waals surface area contributed by atoms with Gasteiger partial charge in [-0.2, -0.15) is 5.10 Å². The Kier molecular flexibility index (Phi) is 6.40. The second-order valence-electron chi connectivity index (χ2n) is 9.13. The molecular formula is C25H29FN4O3. The maximum Gasteiger partial charge on any atom is 0.272 e. The first-order valence-corrected chi connectivity index (χ1v) is 10.6. The number of rotatable bonds is 7. The van der Waals surface area contributed by atoms with Gasteiger partial charge in [-0.1, -0.05) is 13.8 Å². The van der Waals surface area contributed by atoms with Crippen LogP contribution in [0.2, 0.25) is 0 Å². The number of amides is 1. The number of carbonyl (C=O) groups is 3. The molecule has 3 rings (SSSR count). The van der Waals surface area contributed by atoms with Crippen LogP contribution in [0.15, 0.2) is 30.6 Å². The molecule has 3 aromatic rings. The SMILES string of the molecule is Cc1cc(NC(=O)c2c(C)c(C(=O)C(=O)CC(C)(C)c3cnn(C)c3)c(C)n2C)ccc1F. The number of hydrogen-bond acceptors (Lipinski definition) is 4. The van der Waals surface area contributed by atoms with Crippen LogP contribution in [0.4, 0.5) is 10.1 Å². The molecule has 7 nitrogen and oxygen atoms in total. The zero-order valence-corrected chi connectivity index (χ0v) is 20.0. The number of nitrogens with one attached hydrogen (secondary N) is 1. The molecule has 0 radical (unpaired) electrons. The second kappa shape index (κ2) is 8.77. The normalized spacial score (nSPS) is 11.5. The van der Waals surface area contributed by atoms with E-state index in [2.05, 4.69) is 10.4 Å². The lowest BCUT2D eigenvalue weighted by molar-refractivity contribution is -0.116. The summed E-state index contributed by atoms with van der Waals surface area (Å²) in [6.07, 6.45) is 3.54. The van der Waals surface area contributed by atoms with Gasteiger partial charge in [0.25, 0.3) is 5.91 Å². The number of nitrogens with zero attached hydrogens (tertiary/aromatic N) is 3. The topological polar surface area (TPSA) is 86.0 Å². The van der Waals surface area contributed by atoms with Crippen molar-refractivity contribution in [2.24, 2.45) is 14.1 Å². The minimum atomic E-state index is -0.616. The van der Waals surface area contributed by atoms with Gasteiger partial charge in [0.1, 0.15) is 11.5 Å². The number of Topliss-reactive ketones (excluding diaryl/α,β-unsaturated/α-hetero) is 2. The summed E-state index contributed by atoms with van der Waals surface area (Å²) in [5.41, 5.74) is 2.63. The third-order valence-corrected chi connectivity index (χ3v) is 6.13. The lowest BCUT2D eigenvalue weighted by atomic mass is 9.80. The third kappa shape index (κ3) is 4.65. The monoisotopic (exact) mass is 452 g/mol. The summed E-state index contributed by atoms with van der Waals surface area (Å²) < 4.78 is 16.8. The van der Waals surface area contributed by atoms with E-state index in [1.54, 1.807) is 50.3 Å². The van der Waals surface area contributed by atoms with Crippen LogP contribution in [0.25, 0.3) is 0 Å². The molecule has 1 amide bonds. The van der Waals surface area contributed by atoms with E-state index in [0.717, 1.165) is 5.56 Å². The molecule has 1 N–H and O–H groups in total. The van der Waals surface area contributed by atoms with E-state index in [-0.39, 0.29) is 23.5 Å². The van der Waals surface area contributed by atoms with E-state index in [0.29, 0.717) is 22.5 Å². The number of benzene rings is 1. The fraction of sp³-hybridized carbons (Fsp3) is 0.360. The standard InChI is InChI=1S/C25H29FN4O3/c1-14-10-18(8-9-19(14)26)28-24(33)22-15(2)21(16(3)30(22)7)23(32)20(31)11-25(4,5)17-12-27-29(6)13-17/h8-10,12-13H,11H2,1-7H3,(H,28,33). The number of hydrogen-bond donors (Lipinski definition) is 1. The minimum Gasteiger partial charge on any atom is -0.343 e. The van der Waals surface area contributed by atoms with Gasteiger partial charge in [-0.3, -0.25) is 19.1 Å². The van der Waals surface area contributed by atoms with Crippen LogP contribution in [-0.4, -0.2) is 31.8 Å². The molecule has 0 unspecified atom stereocenters. The number of anilines is 1. The van der Waals surface area contributed by atoms with Crippen molar-refractivity contribution in [2.45, 2.75) is 46.5 Å². The molecule has 0 spiro atoms. The van der Waals surface area contributed by atoms with Gasteiger partial charge in [-0.25, -0.2) is 4.39 Å². The average molecular weight is 453 g/mol. The first-order chi connectivity index (χ1) is 15.3. The van der Waals surface area contributed by atoms with Crippen molar-refractivity contribution in [3.63, 3.8) is 0 Å². The Bertz CT molecular complexity index is 1270. The molecular weight excluding hydrogens is 423 g/mol. The molecule has 33 heavy (non-hydrogen) atoms. The van der Waals surface area contributed by atoms with E-state index >= 15 is 0 Å². The summed E-state index contributed by atoms with van der Waals surface area (Å²) >= 11 is 0. The highest BCUT2D eigenvalue weighted by Crippen LogP contribution is 2.29.